The highest BCUT2D eigenvalue weighted by Gasteiger charge is 2.40. The average Bonchev–Trinajstić information content (AvgIpc) is 3.39. The van der Waals surface area contributed by atoms with Crippen molar-refractivity contribution in [3.05, 3.63) is 83.3 Å². The molecule has 3 heterocycles. The lowest BCUT2D eigenvalue weighted by molar-refractivity contribution is 0.301. The van der Waals surface area contributed by atoms with E-state index >= 15 is 0 Å². The van der Waals surface area contributed by atoms with Crippen molar-refractivity contribution in [1.29, 1.82) is 0 Å². The first kappa shape index (κ1) is 21.4. The summed E-state index contributed by atoms with van der Waals surface area (Å²) in [5.41, 5.74) is 3.45. The fourth-order valence-electron chi connectivity index (χ4n) is 5.56. The van der Waals surface area contributed by atoms with Crippen LogP contribution < -0.4 is 5.32 Å². The van der Waals surface area contributed by atoms with Crippen LogP contribution in [0.25, 0.3) is 22.2 Å². The molecule has 1 aliphatic heterocycles. The fraction of sp³-hybridized carbons (Fsp3) is 0.296. The second kappa shape index (κ2) is 8.93. The highest BCUT2D eigenvalue weighted by atomic mass is 35.5. The summed E-state index contributed by atoms with van der Waals surface area (Å²) < 4.78 is 13.6. The zero-order valence-corrected chi connectivity index (χ0v) is 19.4. The topological polar surface area (TPSA) is 53.9 Å². The van der Waals surface area contributed by atoms with Gasteiger partial charge in [0, 0.05) is 42.8 Å². The number of para-hydroxylation sites is 1. The number of rotatable bonds is 5. The first-order chi connectivity index (χ1) is 16.6. The molecular weight excluding hydrogens is 449 g/mol. The van der Waals surface area contributed by atoms with Crippen LogP contribution in [0.4, 0.5) is 10.2 Å². The van der Waals surface area contributed by atoms with Crippen LogP contribution in [-0.2, 0) is 6.54 Å². The van der Waals surface area contributed by atoms with Gasteiger partial charge in [-0.25, -0.2) is 4.39 Å². The number of hydrogen-bond donors (Lipinski definition) is 1. The van der Waals surface area contributed by atoms with Crippen LogP contribution in [0.3, 0.4) is 0 Å². The summed E-state index contributed by atoms with van der Waals surface area (Å²) >= 11 is 6.19. The van der Waals surface area contributed by atoms with E-state index in [9.17, 15) is 4.39 Å². The Morgan fingerprint density at radius 1 is 0.971 bits per heavy atom. The van der Waals surface area contributed by atoms with Gasteiger partial charge in [0.2, 0.25) is 0 Å². The number of anilines is 1. The maximum Gasteiger partial charge on any atom is 0.148 e. The van der Waals surface area contributed by atoms with Crippen molar-refractivity contribution >= 4 is 28.3 Å². The SMILES string of the molecule is Fc1ccc(Cl)c(-c2ccc(N[C@H]3C[C@@H]4CN(Cc5cnc6ccccc6c5)C[C@@H]4C3)nn2)c1. The van der Waals surface area contributed by atoms with Crippen molar-refractivity contribution in [2.45, 2.75) is 25.4 Å². The van der Waals surface area contributed by atoms with Crippen LogP contribution >= 0.6 is 11.6 Å². The second-order valence-corrected chi connectivity index (χ2v) is 9.90. The molecule has 1 N–H and O–H groups in total. The monoisotopic (exact) mass is 473 g/mol. The molecule has 1 saturated carbocycles. The molecule has 2 fully saturated rings. The van der Waals surface area contributed by atoms with Crippen molar-refractivity contribution < 1.29 is 4.39 Å². The molecule has 2 aromatic heterocycles. The zero-order chi connectivity index (χ0) is 23.1. The van der Waals surface area contributed by atoms with Gasteiger partial charge >= 0.3 is 0 Å². The van der Waals surface area contributed by atoms with E-state index in [2.05, 4.69) is 49.7 Å². The maximum absolute atomic E-state index is 13.6. The van der Waals surface area contributed by atoms with E-state index in [-0.39, 0.29) is 5.82 Å². The van der Waals surface area contributed by atoms with Gasteiger partial charge in [-0.1, -0.05) is 29.8 Å². The number of fused-ring (bicyclic) bond motifs is 2. The summed E-state index contributed by atoms with van der Waals surface area (Å²) in [7, 11) is 0. The van der Waals surface area contributed by atoms with Gasteiger partial charge in [-0.2, -0.15) is 0 Å². The van der Waals surface area contributed by atoms with Crippen molar-refractivity contribution in [3.63, 3.8) is 0 Å². The van der Waals surface area contributed by atoms with Crippen LogP contribution in [0.1, 0.15) is 18.4 Å². The van der Waals surface area contributed by atoms with Gasteiger partial charge in [0.1, 0.15) is 11.6 Å². The first-order valence-electron chi connectivity index (χ1n) is 11.7. The van der Waals surface area contributed by atoms with Gasteiger partial charge in [-0.15, -0.1) is 10.2 Å². The molecule has 2 aromatic carbocycles. The van der Waals surface area contributed by atoms with E-state index in [0.29, 0.717) is 34.2 Å². The number of hydrogen-bond acceptors (Lipinski definition) is 5. The van der Waals surface area contributed by atoms with Crippen LogP contribution in [0.15, 0.2) is 66.9 Å². The predicted molar refractivity (Wildman–Crippen MR) is 133 cm³/mol. The normalized spacial score (nSPS) is 22.2. The summed E-state index contributed by atoms with van der Waals surface area (Å²) in [6.45, 7) is 3.20. The summed E-state index contributed by atoms with van der Waals surface area (Å²) in [6, 6.07) is 18.9. The van der Waals surface area contributed by atoms with Crippen molar-refractivity contribution in [1.82, 2.24) is 20.1 Å². The largest absolute Gasteiger partial charge is 0.366 e. The Hall–Kier alpha value is -3.09. The molecular formula is C27H25ClFN5. The maximum atomic E-state index is 13.6. The number of likely N-dealkylation sites (tertiary alicyclic amines) is 1. The lowest BCUT2D eigenvalue weighted by atomic mass is 10.0. The number of halogens is 2. The molecule has 2 aliphatic rings. The summed E-state index contributed by atoms with van der Waals surface area (Å²) in [6.07, 6.45) is 4.28. The molecule has 0 radical (unpaired) electrons. The minimum Gasteiger partial charge on any atom is -0.366 e. The lowest BCUT2D eigenvalue weighted by Gasteiger charge is -2.20. The third kappa shape index (κ3) is 4.36. The average molecular weight is 474 g/mol. The van der Waals surface area contributed by atoms with Crippen molar-refractivity contribution in [2.24, 2.45) is 11.8 Å². The predicted octanol–water partition coefficient (Wildman–Crippen LogP) is 5.81. The second-order valence-electron chi connectivity index (χ2n) is 9.49. The molecule has 6 rings (SSSR count). The molecule has 1 aliphatic carbocycles. The number of nitrogens with one attached hydrogen (secondary N) is 1. The highest BCUT2D eigenvalue weighted by molar-refractivity contribution is 6.33. The van der Waals surface area contributed by atoms with E-state index in [1.807, 2.05) is 24.4 Å². The van der Waals surface area contributed by atoms with Crippen LogP contribution in [0.5, 0.6) is 0 Å². The summed E-state index contributed by atoms with van der Waals surface area (Å²) in [4.78, 5) is 7.18. The van der Waals surface area contributed by atoms with Crippen LogP contribution in [0, 0.1) is 17.7 Å². The number of benzene rings is 2. The molecule has 0 spiro atoms. The molecule has 0 amide bonds. The quantitative estimate of drug-likeness (QED) is 0.396. The Bertz CT molecular complexity index is 1310. The molecule has 3 atom stereocenters. The van der Waals surface area contributed by atoms with Gasteiger partial charge in [-0.05, 0) is 72.7 Å². The third-order valence-corrected chi connectivity index (χ3v) is 7.43. The van der Waals surface area contributed by atoms with E-state index in [4.69, 9.17) is 11.6 Å². The van der Waals surface area contributed by atoms with Gasteiger partial charge in [-0.3, -0.25) is 9.88 Å². The molecule has 0 unspecified atom stereocenters. The smallest absolute Gasteiger partial charge is 0.148 e. The summed E-state index contributed by atoms with van der Waals surface area (Å²) in [5, 5.41) is 13.8. The molecule has 1 saturated heterocycles. The molecule has 172 valence electrons. The van der Waals surface area contributed by atoms with Gasteiger partial charge in [0.05, 0.1) is 16.2 Å². The zero-order valence-electron chi connectivity index (χ0n) is 18.7. The van der Waals surface area contributed by atoms with Gasteiger partial charge < -0.3 is 5.32 Å². The van der Waals surface area contributed by atoms with Crippen molar-refractivity contribution in [3.8, 4) is 11.3 Å². The summed E-state index contributed by atoms with van der Waals surface area (Å²) in [5.74, 6) is 1.81. The standard InChI is InChI=1S/C27H25ClFN5/c28-24-6-5-21(29)12-23(24)26-7-8-27(33-32-26)31-22-10-19-15-34(16-20(19)11-22)14-17-9-18-3-1-2-4-25(18)30-13-17/h1-9,12-13,19-20,22H,10-11,14-16H2,(H,31,33)/t19-,20+,22+. The minimum atomic E-state index is -0.341. The van der Waals surface area contributed by atoms with E-state index in [0.717, 1.165) is 43.8 Å². The van der Waals surface area contributed by atoms with E-state index in [1.165, 1.54) is 29.1 Å². The Morgan fingerprint density at radius 2 is 1.79 bits per heavy atom. The molecule has 7 heteroatoms. The lowest BCUT2D eigenvalue weighted by Crippen LogP contribution is -2.25. The van der Waals surface area contributed by atoms with Crippen LogP contribution in [-0.4, -0.2) is 39.2 Å². The number of pyridine rings is 1. The number of aromatic nitrogens is 3. The van der Waals surface area contributed by atoms with Gasteiger partial charge in [0.15, 0.2) is 0 Å². The Morgan fingerprint density at radius 3 is 2.59 bits per heavy atom. The fourth-order valence-corrected chi connectivity index (χ4v) is 5.78. The molecule has 34 heavy (non-hydrogen) atoms. The number of nitrogens with zero attached hydrogens (tertiary/aromatic N) is 4. The highest BCUT2D eigenvalue weighted by Crippen LogP contribution is 2.39. The van der Waals surface area contributed by atoms with E-state index in [1.54, 1.807) is 0 Å². The third-order valence-electron chi connectivity index (χ3n) is 7.10. The van der Waals surface area contributed by atoms with E-state index < -0.39 is 0 Å². The Balaban J connectivity index is 1.05. The van der Waals surface area contributed by atoms with Gasteiger partial charge in [0.25, 0.3) is 0 Å². The first-order valence-corrected chi connectivity index (χ1v) is 12.1. The molecule has 0 bridgehead atoms. The van der Waals surface area contributed by atoms with Crippen LogP contribution in [0.2, 0.25) is 5.02 Å². The Kier molecular flexibility index (Phi) is 5.63. The minimum absolute atomic E-state index is 0.341. The van der Waals surface area contributed by atoms with Crippen molar-refractivity contribution in [2.75, 3.05) is 18.4 Å². The molecule has 4 aromatic rings. The molecule has 5 nitrogen and oxygen atoms in total. The Labute approximate surface area is 203 Å².